The molecule has 0 spiro atoms. The molecule has 0 aliphatic carbocycles. The number of hydrogen-bond donors (Lipinski definition) is 0. The lowest BCUT2D eigenvalue weighted by atomic mass is 10.0. The van der Waals surface area contributed by atoms with Crippen LogP contribution >= 0.6 is 27.3 Å². The van der Waals surface area contributed by atoms with Gasteiger partial charge in [-0.05, 0) is 54.6 Å². The highest BCUT2D eigenvalue weighted by Gasteiger charge is 2.18. The van der Waals surface area contributed by atoms with Crippen LogP contribution in [0, 0.1) is 6.92 Å². The van der Waals surface area contributed by atoms with Crippen molar-refractivity contribution in [2.24, 2.45) is 0 Å². The summed E-state index contributed by atoms with van der Waals surface area (Å²) >= 11 is 5.01. The standard InChI is InChI=1S/C13H17BrO2S/c1-9-8-11(14)13(17-9)12(15)6-5-10-4-2-3-7-16-10/h8,10H,2-7H2,1H3. The van der Waals surface area contributed by atoms with Crippen molar-refractivity contribution >= 4 is 33.0 Å². The van der Waals surface area contributed by atoms with Gasteiger partial charge in [0.15, 0.2) is 5.78 Å². The van der Waals surface area contributed by atoms with E-state index in [0.717, 1.165) is 28.8 Å². The van der Waals surface area contributed by atoms with Crippen LogP contribution in [-0.4, -0.2) is 18.5 Å². The molecule has 2 heterocycles. The van der Waals surface area contributed by atoms with Gasteiger partial charge in [-0.1, -0.05) is 0 Å². The highest BCUT2D eigenvalue weighted by atomic mass is 79.9. The van der Waals surface area contributed by atoms with E-state index < -0.39 is 0 Å². The molecular formula is C13H17BrO2S. The van der Waals surface area contributed by atoms with Gasteiger partial charge in [0.05, 0.1) is 11.0 Å². The minimum atomic E-state index is 0.240. The first-order chi connectivity index (χ1) is 8.16. The Balaban J connectivity index is 1.86. The Labute approximate surface area is 114 Å². The summed E-state index contributed by atoms with van der Waals surface area (Å²) in [5.41, 5.74) is 0. The van der Waals surface area contributed by atoms with Gasteiger partial charge in [-0.2, -0.15) is 0 Å². The SMILES string of the molecule is Cc1cc(Br)c(C(=O)CCC2CCCCO2)s1. The van der Waals surface area contributed by atoms with Gasteiger partial charge < -0.3 is 4.74 Å². The third kappa shape index (κ3) is 3.63. The monoisotopic (exact) mass is 316 g/mol. The molecule has 0 aromatic carbocycles. The van der Waals surface area contributed by atoms with Crippen LogP contribution in [0.4, 0.5) is 0 Å². The van der Waals surface area contributed by atoms with E-state index >= 15 is 0 Å². The van der Waals surface area contributed by atoms with E-state index in [9.17, 15) is 4.79 Å². The predicted molar refractivity (Wildman–Crippen MR) is 73.9 cm³/mol. The zero-order valence-electron chi connectivity index (χ0n) is 10.0. The summed E-state index contributed by atoms with van der Waals surface area (Å²) in [4.78, 5) is 14.1. The Bertz CT molecular complexity index is 394. The second kappa shape index (κ2) is 6.12. The maximum Gasteiger partial charge on any atom is 0.174 e. The van der Waals surface area contributed by atoms with Crippen molar-refractivity contribution in [3.8, 4) is 0 Å². The quantitative estimate of drug-likeness (QED) is 0.772. The highest BCUT2D eigenvalue weighted by Crippen LogP contribution is 2.29. The van der Waals surface area contributed by atoms with Gasteiger partial charge in [0, 0.05) is 22.4 Å². The fraction of sp³-hybridized carbons (Fsp3) is 0.615. The molecule has 2 rings (SSSR count). The van der Waals surface area contributed by atoms with Crippen LogP contribution in [0.5, 0.6) is 0 Å². The van der Waals surface area contributed by atoms with Gasteiger partial charge in [-0.3, -0.25) is 4.79 Å². The molecule has 94 valence electrons. The first kappa shape index (κ1) is 13.2. The molecule has 1 aliphatic rings. The van der Waals surface area contributed by atoms with Crippen LogP contribution < -0.4 is 0 Å². The lowest BCUT2D eigenvalue weighted by Gasteiger charge is -2.21. The van der Waals surface area contributed by atoms with Crippen LogP contribution in [0.3, 0.4) is 0 Å². The average molecular weight is 317 g/mol. The number of aryl methyl sites for hydroxylation is 1. The molecule has 0 N–H and O–H groups in total. The van der Waals surface area contributed by atoms with E-state index in [1.54, 1.807) is 11.3 Å². The highest BCUT2D eigenvalue weighted by molar-refractivity contribution is 9.10. The van der Waals surface area contributed by atoms with E-state index in [1.807, 2.05) is 13.0 Å². The summed E-state index contributed by atoms with van der Waals surface area (Å²) in [7, 11) is 0. The van der Waals surface area contributed by atoms with Crippen LogP contribution in [-0.2, 0) is 4.74 Å². The van der Waals surface area contributed by atoms with Gasteiger partial charge in [0.2, 0.25) is 0 Å². The van der Waals surface area contributed by atoms with Gasteiger partial charge in [0.1, 0.15) is 0 Å². The Morgan fingerprint density at radius 2 is 2.41 bits per heavy atom. The molecular weight excluding hydrogens is 300 g/mol. The van der Waals surface area contributed by atoms with Crippen LogP contribution in [0.2, 0.25) is 0 Å². The topological polar surface area (TPSA) is 26.3 Å². The summed E-state index contributed by atoms with van der Waals surface area (Å²) in [5, 5.41) is 0. The lowest BCUT2D eigenvalue weighted by molar-refractivity contribution is 0.0105. The number of thiophene rings is 1. The number of Topliss-reactive ketones (excluding diaryl/α,β-unsaturated/α-hetero) is 1. The second-order valence-corrected chi connectivity index (χ2v) is 6.60. The molecule has 1 aromatic rings. The van der Waals surface area contributed by atoms with Crippen molar-refractivity contribution in [2.75, 3.05) is 6.61 Å². The Hall–Kier alpha value is -0.190. The van der Waals surface area contributed by atoms with E-state index in [0.29, 0.717) is 12.5 Å². The summed E-state index contributed by atoms with van der Waals surface area (Å²) in [6.07, 6.45) is 5.27. The molecule has 17 heavy (non-hydrogen) atoms. The summed E-state index contributed by atoms with van der Waals surface area (Å²) < 4.78 is 6.58. The molecule has 0 saturated carbocycles. The number of hydrogen-bond acceptors (Lipinski definition) is 3. The van der Waals surface area contributed by atoms with E-state index in [1.165, 1.54) is 17.7 Å². The van der Waals surface area contributed by atoms with Gasteiger partial charge in [-0.25, -0.2) is 0 Å². The molecule has 0 bridgehead atoms. The van der Waals surface area contributed by atoms with Crippen molar-refractivity contribution in [1.29, 1.82) is 0 Å². The maximum atomic E-state index is 12.0. The zero-order valence-corrected chi connectivity index (χ0v) is 12.4. The molecule has 1 atom stereocenters. The molecule has 2 nitrogen and oxygen atoms in total. The third-order valence-electron chi connectivity index (χ3n) is 3.03. The molecule has 1 saturated heterocycles. The molecule has 0 amide bonds. The molecule has 4 heteroatoms. The minimum absolute atomic E-state index is 0.240. The van der Waals surface area contributed by atoms with Gasteiger partial charge >= 0.3 is 0 Å². The number of ether oxygens (including phenoxy) is 1. The fourth-order valence-electron chi connectivity index (χ4n) is 2.11. The largest absolute Gasteiger partial charge is 0.378 e. The Kier molecular flexibility index (Phi) is 4.77. The number of carbonyl (C=O) groups is 1. The maximum absolute atomic E-state index is 12.0. The van der Waals surface area contributed by atoms with E-state index in [2.05, 4.69) is 15.9 Å². The minimum Gasteiger partial charge on any atom is -0.378 e. The number of ketones is 1. The zero-order chi connectivity index (χ0) is 12.3. The van der Waals surface area contributed by atoms with E-state index in [4.69, 9.17) is 4.74 Å². The lowest BCUT2D eigenvalue weighted by Crippen LogP contribution is -2.19. The van der Waals surface area contributed by atoms with Crippen LogP contribution in [0.15, 0.2) is 10.5 Å². The molecule has 1 unspecified atom stereocenters. The van der Waals surface area contributed by atoms with Crippen molar-refractivity contribution < 1.29 is 9.53 Å². The predicted octanol–water partition coefficient (Wildman–Crippen LogP) is 4.35. The summed E-state index contributed by atoms with van der Waals surface area (Å²) in [5.74, 6) is 0.240. The average Bonchev–Trinajstić information content (AvgIpc) is 2.67. The number of rotatable bonds is 4. The number of carbonyl (C=O) groups excluding carboxylic acids is 1. The second-order valence-electron chi connectivity index (χ2n) is 4.48. The van der Waals surface area contributed by atoms with Crippen LogP contribution in [0.25, 0.3) is 0 Å². The van der Waals surface area contributed by atoms with E-state index in [-0.39, 0.29) is 5.78 Å². The van der Waals surface area contributed by atoms with Crippen molar-refractivity contribution in [1.82, 2.24) is 0 Å². The molecule has 1 aromatic heterocycles. The number of halogens is 1. The van der Waals surface area contributed by atoms with Crippen molar-refractivity contribution in [2.45, 2.75) is 45.1 Å². The third-order valence-corrected chi connectivity index (χ3v) is 5.01. The molecule has 0 radical (unpaired) electrons. The van der Waals surface area contributed by atoms with Crippen molar-refractivity contribution in [3.05, 3.63) is 20.3 Å². The first-order valence-electron chi connectivity index (χ1n) is 6.07. The van der Waals surface area contributed by atoms with Crippen LogP contribution in [0.1, 0.15) is 46.7 Å². The normalized spacial score (nSPS) is 20.5. The Morgan fingerprint density at radius 1 is 1.59 bits per heavy atom. The molecule has 1 fully saturated rings. The van der Waals surface area contributed by atoms with Crippen molar-refractivity contribution in [3.63, 3.8) is 0 Å². The van der Waals surface area contributed by atoms with Gasteiger partial charge in [-0.15, -0.1) is 11.3 Å². The van der Waals surface area contributed by atoms with Gasteiger partial charge in [0.25, 0.3) is 0 Å². The first-order valence-corrected chi connectivity index (χ1v) is 7.68. The Morgan fingerprint density at radius 3 is 3.00 bits per heavy atom. The fourth-order valence-corrected chi connectivity index (χ4v) is 3.94. The summed E-state index contributed by atoms with van der Waals surface area (Å²) in [6, 6.07) is 2.01. The molecule has 1 aliphatic heterocycles. The smallest absolute Gasteiger partial charge is 0.174 e. The summed E-state index contributed by atoms with van der Waals surface area (Å²) in [6.45, 7) is 2.89.